The van der Waals surface area contributed by atoms with Crippen molar-refractivity contribution in [3.63, 3.8) is 0 Å². The van der Waals surface area contributed by atoms with E-state index in [0.717, 1.165) is 19.5 Å². The predicted octanol–water partition coefficient (Wildman–Crippen LogP) is 3.99. The Morgan fingerprint density at radius 1 is 1.17 bits per heavy atom. The van der Waals surface area contributed by atoms with Gasteiger partial charge in [0.15, 0.2) is 0 Å². The zero-order chi connectivity index (χ0) is 12.8. The Hall–Kier alpha value is -1.12. The largest absolute Gasteiger partial charge is 0.316 e. The molecule has 0 saturated carbocycles. The highest BCUT2D eigenvalue weighted by atomic mass is 32.1. The Morgan fingerprint density at radius 2 is 2.00 bits per heavy atom. The molecule has 2 aromatic rings. The van der Waals surface area contributed by atoms with Gasteiger partial charge in [-0.3, -0.25) is 0 Å². The van der Waals surface area contributed by atoms with Gasteiger partial charge in [0.2, 0.25) is 0 Å². The molecule has 0 fully saturated rings. The lowest BCUT2D eigenvalue weighted by Crippen LogP contribution is -2.23. The van der Waals surface area contributed by atoms with Gasteiger partial charge >= 0.3 is 0 Å². The van der Waals surface area contributed by atoms with Gasteiger partial charge < -0.3 is 5.32 Å². The molecule has 0 aliphatic carbocycles. The maximum atomic E-state index is 3.49. The molecule has 96 valence electrons. The molecule has 2 rings (SSSR count). The van der Waals surface area contributed by atoms with Gasteiger partial charge in [-0.25, -0.2) is 0 Å². The van der Waals surface area contributed by atoms with E-state index in [1.54, 1.807) is 0 Å². The highest BCUT2D eigenvalue weighted by molar-refractivity contribution is 7.09. The Kier molecular flexibility index (Phi) is 4.97. The highest BCUT2D eigenvalue weighted by Crippen LogP contribution is 2.25. The van der Waals surface area contributed by atoms with E-state index in [1.165, 1.54) is 16.0 Å². The maximum Gasteiger partial charge on any atom is 0.00517 e. The van der Waals surface area contributed by atoms with Gasteiger partial charge in [0.1, 0.15) is 0 Å². The first-order chi connectivity index (χ1) is 8.81. The molecule has 0 spiro atoms. The molecule has 1 nitrogen and oxygen atoms in total. The van der Waals surface area contributed by atoms with Crippen molar-refractivity contribution in [3.8, 4) is 0 Å². The summed E-state index contributed by atoms with van der Waals surface area (Å²) in [6.45, 7) is 6.47. The number of aryl methyl sites for hydroxylation is 1. The Labute approximate surface area is 114 Å². The van der Waals surface area contributed by atoms with E-state index in [4.69, 9.17) is 0 Å². The smallest absolute Gasteiger partial charge is 0.00517 e. The van der Waals surface area contributed by atoms with Crippen LogP contribution in [0.1, 0.15) is 28.8 Å². The van der Waals surface area contributed by atoms with Gasteiger partial charge in [0, 0.05) is 17.3 Å². The van der Waals surface area contributed by atoms with Crippen molar-refractivity contribution in [1.29, 1.82) is 0 Å². The average Bonchev–Trinajstić information content (AvgIpc) is 2.88. The number of thiophene rings is 1. The van der Waals surface area contributed by atoms with Crippen molar-refractivity contribution in [3.05, 3.63) is 57.8 Å². The first kappa shape index (κ1) is 13.3. The van der Waals surface area contributed by atoms with Gasteiger partial charge in [0.25, 0.3) is 0 Å². The second-order valence-corrected chi connectivity index (χ2v) is 5.68. The summed E-state index contributed by atoms with van der Waals surface area (Å²) in [6, 6.07) is 13.1. The lowest BCUT2D eigenvalue weighted by atomic mass is 9.91. The third-order valence-electron chi connectivity index (χ3n) is 3.30. The molecular weight excluding hydrogens is 238 g/mol. The summed E-state index contributed by atoms with van der Waals surface area (Å²) in [5, 5.41) is 5.66. The monoisotopic (exact) mass is 259 g/mol. The van der Waals surface area contributed by atoms with Gasteiger partial charge in [-0.1, -0.05) is 37.3 Å². The van der Waals surface area contributed by atoms with Crippen molar-refractivity contribution in [2.45, 2.75) is 26.2 Å². The fourth-order valence-corrected chi connectivity index (χ4v) is 3.11. The zero-order valence-corrected chi connectivity index (χ0v) is 12.0. The van der Waals surface area contributed by atoms with Crippen LogP contribution in [0.15, 0.2) is 41.8 Å². The number of benzene rings is 1. The van der Waals surface area contributed by atoms with E-state index >= 15 is 0 Å². The zero-order valence-electron chi connectivity index (χ0n) is 11.1. The summed E-state index contributed by atoms with van der Waals surface area (Å²) in [7, 11) is 0. The Morgan fingerprint density at radius 3 is 2.67 bits per heavy atom. The Bertz CT molecular complexity index is 462. The van der Waals surface area contributed by atoms with Gasteiger partial charge in [-0.2, -0.15) is 0 Å². The fraction of sp³-hybridized carbons (Fsp3) is 0.375. The molecule has 0 saturated heterocycles. The molecule has 1 atom stereocenters. The van der Waals surface area contributed by atoms with E-state index in [1.807, 2.05) is 11.3 Å². The molecular formula is C16H21NS. The van der Waals surface area contributed by atoms with Crippen LogP contribution in [0.4, 0.5) is 0 Å². The second kappa shape index (κ2) is 6.72. The minimum Gasteiger partial charge on any atom is -0.316 e. The van der Waals surface area contributed by atoms with E-state index < -0.39 is 0 Å². The predicted molar refractivity (Wildman–Crippen MR) is 80.5 cm³/mol. The van der Waals surface area contributed by atoms with Crippen LogP contribution in [0.5, 0.6) is 0 Å². The van der Waals surface area contributed by atoms with Crippen LogP contribution in [-0.2, 0) is 6.42 Å². The van der Waals surface area contributed by atoms with Crippen LogP contribution in [0, 0.1) is 6.92 Å². The molecule has 1 unspecified atom stereocenters. The maximum absolute atomic E-state index is 3.49. The van der Waals surface area contributed by atoms with Crippen molar-refractivity contribution >= 4 is 11.3 Å². The summed E-state index contributed by atoms with van der Waals surface area (Å²) < 4.78 is 0. The van der Waals surface area contributed by atoms with Gasteiger partial charge in [-0.05, 0) is 42.5 Å². The first-order valence-electron chi connectivity index (χ1n) is 6.60. The van der Waals surface area contributed by atoms with Gasteiger partial charge in [-0.15, -0.1) is 11.3 Å². The number of rotatable bonds is 6. The molecule has 0 amide bonds. The van der Waals surface area contributed by atoms with Crippen LogP contribution < -0.4 is 5.32 Å². The van der Waals surface area contributed by atoms with E-state index in [9.17, 15) is 0 Å². The third kappa shape index (κ3) is 3.44. The van der Waals surface area contributed by atoms with Crippen molar-refractivity contribution in [1.82, 2.24) is 5.32 Å². The van der Waals surface area contributed by atoms with Crippen LogP contribution in [0.3, 0.4) is 0 Å². The average molecular weight is 259 g/mol. The van der Waals surface area contributed by atoms with Crippen LogP contribution >= 0.6 is 11.3 Å². The molecule has 1 aromatic heterocycles. The van der Waals surface area contributed by atoms with Crippen LogP contribution in [-0.4, -0.2) is 13.1 Å². The minimum absolute atomic E-state index is 0.574. The van der Waals surface area contributed by atoms with Gasteiger partial charge in [0.05, 0.1) is 0 Å². The quantitative estimate of drug-likeness (QED) is 0.827. The summed E-state index contributed by atoms with van der Waals surface area (Å²) in [6.07, 6.45) is 1.13. The summed E-state index contributed by atoms with van der Waals surface area (Å²) >= 11 is 1.86. The van der Waals surface area contributed by atoms with Crippen LogP contribution in [0.2, 0.25) is 0 Å². The molecule has 0 aliphatic heterocycles. The molecule has 1 heterocycles. The number of likely N-dealkylation sites (N-methyl/N-ethyl adjacent to an activating group) is 1. The summed E-state index contributed by atoms with van der Waals surface area (Å²) in [4.78, 5) is 1.47. The fourth-order valence-electron chi connectivity index (χ4n) is 2.33. The van der Waals surface area contributed by atoms with E-state index in [0.29, 0.717) is 5.92 Å². The normalized spacial score (nSPS) is 12.6. The van der Waals surface area contributed by atoms with E-state index in [-0.39, 0.29) is 0 Å². The molecule has 0 aliphatic rings. The van der Waals surface area contributed by atoms with Crippen LogP contribution in [0.25, 0.3) is 0 Å². The third-order valence-corrected chi connectivity index (χ3v) is 4.20. The standard InChI is InChI=1S/C16H21NS/c1-3-17-12-14(11-15-8-6-10-18-15)16-9-5-4-7-13(16)2/h4-10,14,17H,3,11-12H2,1-2H3. The van der Waals surface area contributed by atoms with Crippen molar-refractivity contribution < 1.29 is 0 Å². The number of hydrogen-bond donors (Lipinski definition) is 1. The van der Waals surface area contributed by atoms with E-state index in [2.05, 4.69) is 60.9 Å². The molecule has 0 radical (unpaired) electrons. The van der Waals surface area contributed by atoms with Crippen molar-refractivity contribution in [2.75, 3.05) is 13.1 Å². The number of nitrogens with one attached hydrogen (secondary N) is 1. The lowest BCUT2D eigenvalue weighted by molar-refractivity contribution is 0.596. The van der Waals surface area contributed by atoms with Crippen molar-refractivity contribution in [2.24, 2.45) is 0 Å². The first-order valence-corrected chi connectivity index (χ1v) is 7.48. The molecule has 1 N–H and O–H groups in total. The lowest BCUT2D eigenvalue weighted by Gasteiger charge is -2.19. The molecule has 2 heteroatoms. The molecule has 1 aromatic carbocycles. The molecule has 18 heavy (non-hydrogen) atoms. The summed E-state index contributed by atoms with van der Waals surface area (Å²) in [5.74, 6) is 0.574. The SMILES string of the molecule is CCNCC(Cc1cccs1)c1ccccc1C. The highest BCUT2D eigenvalue weighted by Gasteiger charge is 2.14. The minimum atomic E-state index is 0.574. The second-order valence-electron chi connectivity index (χ2n) is 4.64. The Balaban J connectivity index is 2.16. The topological polar surface area (TPSA) is 12.0 Å². The molecule has 0 bridgehead atoms. The summed E-state index contributed by atoms with van der Waals surface area (Å²) in [5.41, 5.74) is 2.88. The number of hydrogen-bond acceptors (Lipinski definition) is 2.